The van der Waals surface area contributed by atoms with Crippen molar-refractivity contribution >= 4 is 11.9 Å². The molecule has 8 atom stereocenters. The topological polar surface area (TPSA) is 52.6 Å². The predicted molar refractivity (Wildman–Crippen MR) is 147 cm³/mol. The SMILES string of the molecule is COC(=O)[C@]12CCC(C)(C)C[C@H]1C1=CC[C@@H]3[C@@]4(C)CC[C@H](OC(C)=O)C(C)(C)[C@H]4CC[C@@]3(C)[C@]1(C)CC2. The number of ether oxygens (including phenoxy) is 2. The minimum absolute atomic E-state index is 0.0116. The van der Waals surface area contributed by atoms with Gasteiger partial charge in [-0.15, -0.1) is 0 Å². The molecule has 4 nitrogen and oxygen atoms in total. The van der Waals surface area contributed by atoms with Crippen molar-refractivity contribution in [2.75, 3.05) is 7.11 Å². The number of allylic oxidation sites excluding steroid dienone is 2. The number of hydrogen-bond acceptors (Lipinski definition) is 4. The average Bonchev–Trinajstić information content (AvgIpc) is 2.80. The van der Waals surface area contributed by atoms with E-state index < -0.39 is 0 Å². The van der Waals surface area contributed by atoms with E-state index in [2.05, 4.69) is 54.5 Å². The molecule has 0 aromatic heterocycles. The summed E-state index contributed by atoms with van der Waals surface area (Å²) in [5, 5.41) is 0. The largest absolute Gasteiger partial charge is 0.469 e. The van der Waals surface area contributed by atoms with Crippen LogP contribution in [-0.4, -0.2) is 25.2 Å². The van der Waals surface area contributed by atoms with Crippen LogP contribution in [0.2, 0.25) is 0 Å². The van der Waals surface area contributed by atoms with Crippen molar-refractivity contribution in [3.63, 3.8) is 0 Å². The van der Waals surface area contributed by atoms with E-state index in [9.17, 15) is 9.59 Å². The van der Waals surface area contributed by atoms with E-state index in [1.165, 1.54) is 12.8 Å². The van der Waals surface area contributed by atoms with Gasteiger partial charge in [-0.2, -0.15) is 0 Å². The van der Waals surface area contributed by atoms with E-state index >= 15 is 0 Å². The van der Waals surface area contributed by atoms with Gasteiger partial charge in [0.25, 0.3) is 0 Å². The Kier molecular flexibility index (Phi) is 6.14. The first-order valence-corrected chi connectivity index (χ1v) is 15.0. The van der Waals surface area contributed by atoms with Gasteiger partial charge in [-0.25, -0.2) is 0 Å². The molecule has 0 aromatic carbocycles. The molecule has 0 heterocycles. The van der Waals surface area contributed by atoms with Gasteiger partial charge in [0.15, 0.2) is 0 Å². The van der Waals surface area contributed by atoms with Crippen molar-refractivity contribution in [3.8, 4) is 0 Å². The summed E-state index contributed by atoms with van der Waals surface area (Å²) >= 11 is 0. The first kappa shape index (κ1) is 27.3. The second-order valence-electron chi connectivity index (χ2n) is 15.8. The smallest absolute Gasteiger partial charge is 0.312 e. The number of carbonyl (C=O) groups is 2. The fourth-order valence-corrected chi connectivity index (χ4v) is 11.2. The molecule has 37 heavy (non-hydrogen) atoms. The van der Waals surface area contributed by atoms with E-state index in [1.807, 2.05) is 0 Å². The normalized spacial score (nSPS) is 47.8. The maximum Gasteiger partial charge on any atom is 0.312 e. The van der Waals surface area contributed by atoms with E-state index in [0.29, 0.717) is 17.8 Å². The van der Waals surface area contributed by atoms with Crippen LogP contribution in [0, 0.1) is 50.2 Å². The Bertz CT molecular complexity index is 1010. The monoisotopic (exact) mass is 512 g/mol. The van der Waals surface area contributed by atoms with Crippen LogP contribution in [0.3, 0.4) is 0 Å². The molecule has 4 fully saturated rings. The van der Waals surface area contributed by atoms with Crippen LogP contribution in [0.25, 0.3) is 0 Å². The van der Waals surface area contributed by atoms with Crippen molar-refractivity contribution in [1.29, 1.82) is 0 Å². The van der Waals surface area contributed by atoms with Crippen molar-refractivity contribution in [2.24, 2.45) is 50.2 Å². The lowest BCUT2D eigenvalue weighted by atomic mass is 9.33. The van der Waals surface area contributed by atoms with E-state index in [4.69, 9.17) is 9.47 Å². The Morgan fingerprint density at radius 1 is 0.865 bits per heavy atom. The van der Waals surface area contributed by atoms with E-state index in [1.54, 1.807) is 19.6 Å². The van der Waals surface area contributed by atoms with Gasteiger partial charge >= 0.3 is 11.9 Å². The summed E-state index contributed by atoms with van der Waals surface area (Å²) in [5.74, 6) is 1.33. The van der Waals surface area contributed by atoms with Gasteiger partial charge in [-0.05, 0) is 104 Å². The maximum atomic E-state index is 13.4. The van der Waals surface area contributed by atoms with Crippen molar-refractivity contribution < 1.29 is 19.1 Å². The average molecular weight is 513 g/mol. The molecule has 0 aliphatic heterocycles. The van der Waals surface area contributed by atoms with Crippen LogP contribution < -0.4 is 0 Å². The van der Waals surface area contributed by atoms with Gasteiger partial charge in [-0.3, -0.25) is 9.59 Å². The quantitative estimate of drug-likeness (QED) is 0.279. The highest BCUT2D eigenvalue weighted by molar-refractivity contribution is 5.78. The number of hydrogen-bond donors (Lipinski definition) is 0. The van der Waals surface area contributed by atoms with Gasteiger partial charge in [0.05, 0.1) is 12.5 Å². The van der Waals surface area contributed by atoms with Crippen molar-refractivity contribution in [2.45, 2.75) is 126 Å². The van der Waals surface area contributed by atoms with Gasteiger partial charge in [-0.1, -0.05) is 60.1 Å². The zero-order chi connectivity index (χ0) is 27.2. The molecule has 208 valence electrons. The number of fused-ring (bicyclic) bond motifs is 7. The van der Waals surface area contributed by atoms with Crippen molar-refractivity contribution in [1.82, 2.24) is 0 Å². The van der Waals surface area contributed by atoms with Crippen LogP contribution in [0.5, 0.6) is 0 Å². The Morgan fingerprint density at radius 2 is 1.54 bits per heavy atom. The Hall–Kier alpha value is -1.32. The summed E-state index contributed by atoms with van der Waals surface area (Å²) in [6, 6.07) is 0. The van der Waals surface area contributed by atoms with Crippen LogP contribution in [0.15, 0.2) is 11.6 Å². The van der Waals surface area contributed by atoms with E-state index in [0.717, 1.165) is 51.4 Å². The minimum Gasteiger partial charge on any atom is -0.469 e. The van der Waals surface area contributed by atoms with Crippen LogP contribution in [0.1, 0.15) is 120 Å². The Morgan fingerprint density at radius 3 is 2.19 bits per heavy atom. The molecule has 5 rings (SSSR count). The molecular formula is C33H52O4. The molecule has 0 N–H and O–H groups in total. The van der Waals surface area contributed by atoms with Gasteiger partial charge in [0.1, 0.15) is 6.10 Å². The number of esters is 2. The lowest BCUT2D eigenvalue weighted by Gasteiger charge is -2.71. The van der Waals surface area contributed by atoms with Gasteiger partial charge in [0, 0.05) is 12.3 Å². The third-order valence-electron chi connectivity index (χ3n) is 13.5. The summed E-state index contributed by atoms with van der Waals surface area (Å²) < 4.78 is 11.4. The summed E-state index contributed by atoms with van der Waals surface area (Å²) in [5.41, 5.74) is 2.01. The number of rotatable bonds is 2. The third-order valence-corrected chi connectivity index (χ3v) is 13.5. The summed E-state index contributed by atoms with van der Waals surface area (Å²) in [6.45, 7) is 18.8. The van der Waals surface area contributed by atoms with E-state index in [-0.39, 0.29) is 50.5 Å². The molecule has 0 spiro atoms. The molecular weight excluding hydrogens is 460 g/mol. The molecule has 0 radical (unpaired) electrons. The lowest BCUT2D eigenvalue weighted by Crippen LogP contribution is -2.65. The predicted octanol–water partition coefficient (Wildman–Crippen LogP) is 7.89. The number of carbonyl (C=O) groups excluding carboxylic acids is 2. The number of methoxy groups -OCH3 is 1. The summed E-state index contributed by atoms with van der Waals surface area (Å²) in [4.78, 5) is 25.3. The first-order valence-electron chi connectivity index (χ1n) is 15.0. The fourth-order valence-electron chi connectivity index (χ4n) is 11.2. The van der Waals surface area contributed by atoms with Gasteiger partial charge < -0.3 is 9.47 Å². The lowest BCUT2D eigenvalue weighted by molar-refractivity contribution is -0.213. The standard InChI is InChI=1S/C33H52O4/c1-21(34)37-26-13-14-30(6)24(29(26,4)5)12-15-32(8)25(30)11-10-22-23-20-28(2,3)16-18-33(23,27(35)36-9)19-17-31(22,32)7/h10,23-26H,11-20H2,1-9H3/t23-,24+,25+,26-,30-,31+,32+,33-/m0/s1. The molecule has 5 aliphatic rings. The van der Waals surface area contributed by atoms with Crippen LogP contribution in [-0.2, 0) is 19.1 Å². The molecule has 0 unspecified atom stereocenters. The zero-order valence-electron chi connectivity index (χ0n) is 25.1. The second kappa shape index (κ2) is 8.34. The maximum absolute atomic E-state index is 13.4. The molecule has 0 bridgehead atoms. The molecule has 0 aromatic rings. The highest BCUT2D eigenvalue weighted by Crippen LogP contribution is 2.75. The highest BCUT2D eigenvalue weighted by atomic mass is 16.5. The van der Waals surface area contributed by atoms with Gasteiger partial charge in [0.2, 0.25) is 0 Å². The Balaban J connectivity index is 1.55. The molecule has 4 saturated carbocycles. The summed E-state index contributed by atoms with van der Waals surface area (Å²) in [6.07, 6.45) is 13.4. The van der Waals surface area contributed by atoms with Crippen LogP contribution >= 0.6 is 0 Å². The minimum atomic E-state index is -0.343. The molecule has 5 aliphatic carbocycles. The fraction of sp³-hybridized carbons (Fsp3) is 0.879. The molecule has 0 amide bonds. The first-order chi connectivity index (χ1) is 17.1. The third kappa shape index (κ3) is 3.58. The second-order valence-corrected chi connectivity index (χ2v) is 15.8. The summed E-state index contributed by atoms with van der Waals surface area (Å²) in [7, 11) is 1.59. The highest BCUT2D eigenvalue weighted by Gasteiger charge is 2.69. The van der Waals surface area contributed by atoms with Crippen LogP contribution in [0.4, 0.5) is 0 Å². The Labute approximate surface area is 225 Å². The van der Waals surface area contributed by atoms with Crippen molar-refractivity contribution in [3.05, 3.63) is 11.6 Å². The zero-order valence-corrected chi connectivity index (χ0v) is 25.1. The molecule has 0 saturated heterocycles. The molecule has 4 heteroatoms.